The van der Waals surface area contributed by atoms with Gasteiger partial charge in [0.1, 0.15) is 0 Å². The van der Waals surface area contributed by atoms with Crippen molar-refractivity contribution in [2.75, 3.05) is 5.32 Å². The predicted molar refractivity (Wildman–Crippen MR) is 126 cm³/mol. The van der Waals surface area contributed by atoms with E-state index in [9.17, 15) is 4.79 Å². The van der Waals surface area contributed by atoms with Crippen molar-refractivity contribution in [1.29, 1.82) is 0 Å². The molecule has 29 heavy (non-hydrogen) atoms. The fourth-order valence-corrected chi connectivity index (χ4v) is 2.92. The summed E-state index contributed by atoms with van der Waals surface area (Å²) in [7, 11) is 0. The van der Waals surface area contributed by atoms with Gasteiger partial charge in [0.15, 0.2) is 0 Å². The highest BCUT2D eigenvalue weighted by atomic mass is 35.5. The van der Waals surface area contributed by atoms with Crippen LogP contribution in [0.5, 0.6) is 0 Å². The van der Waals surface area contributed by atoms with E-state index in [4.69, 9.17) is 16.3 Å². The first-order valence-electron chi connectivity index (χ1n) is 10.3. The molecule has 0 spiro atoms. The molecule has 0 aromatic heterocycles. The van der Waals surface area contributed by atoms with Gasteiger partial charge < -0.3 is 4.74 Å². The van der Waals surface area contributed by atoms with E-state index >= 15 is 0 Å². The molecule has 0 unspecified atom stereocenters. The zero-order valence-corrected chi connectivity index (χ0v) is 19.5. The fraction of sp³-hybridized carbons (Fsp3) is 0.480. The van der Waals surface area contributed by atoms with Crippen LogP contribution >= 0.6 is 11.6 Å². The number of rotatable bonds is 2. The number of allylic oxidation sites excluding steroid dienone is 6. The van der Waals surface area contributed by atoms with Crippen molar-refractivity contribution in [2.24, 2.45) is 5.41 Å². The molecule has 0 saturated carbocycles. The number of benzene rings is 1. The number of anilines is 1. The third-order valence-corrected chi connectivity index (χ3v) is 4.67. The molecule has 2 rings (SSSR count). The van der Waals surface area contributed by atoms with Crippen molar-refractivity contribution in [2.45, 2.75) is 73.3 Å². The van der Waals surface area contributed by atoms with Gasteiger partial charge in [-0.2, -0.15) is 0 Å². The fourth-order valence-electron chi connectivity index (χ4n) is 2.73. The lowest BCUT2D eigenvalue weighted by molar-refractivity contribution is 0.130. The highest BCUT2D eigenvalue weighted by molar-refractivity contribution is 6.30. The predicted octanol–water partition coefficient (Wildman–Crippen LogP) is 8.33. The first-order chi connectivity index (χ1) is 13.6. The van der Waals surface area contributed by atoms with Crippen LogP contribution in [0, 0.1) is 5.41 Å². The molecule has 1 aliphatic carbocycles. The number of hydrogen-bond donors (Lipinski definition) is 1. The summed E-state index contributed by atoms with van der Waals surface area (Å²) in [6, 6.07) is 6.89. The van der Waals surface area contributed by atoms with Gasteiger partial charge in [-0.25, -0.2) is 4.79 Å². The summed E-state index contributed by atoms with van der Waals surface area (Å²) in [5, 5.41) is 3.14. The van der Waals surface area contributed by atoms with E-state index in [2.05, 4.69) is 57.3 Å². The Kier molecular flexibility index (Phi) is 10.8. The van der Waals surface area contributed by atoms with Crippen molar-refractivity contribution >= 4 is 23.4 Å². The number of nitrogens with one attached hydrogen (secondary N) is 1. The van der Waals surface area contributed by atoms with Gasteiger partial charge in [-0.05, 0) is 77.0 Å². The molecule has 4 heteroatoms. The standard InChI is InChI=1S/C15H24.C10H12ClNO2/c1-13-7-5-8-14(2)10-12-15(3,4)11-6-9-13;1-7(2)14-10(13)12-9-5-3-4-8(11)6-9/h6-7,10-11H,5,8-9,12H2,1-4H3;3-7H,1-2H3,(H,12,13). The number of amides is 1. The Labute approximate surface area is 181 Å². The van der Waals surface area contributed by atoms with E-state index in [1.165, 1.54) is 24.0 Å². The highest BCUT2D eigenvalue weighted by Crippen LogP contribution is 2.25. The molecule has 1 amide bonds. The molecule has 0 fully saturated rings. The van der Waals surface area contributed by atoms with E-state index in [1.807, 2.05) is 0 Å². The SMILES string of the molecule is CC(C)OC(=O)Nc1cccc(Cl)c1.CC1=CCCC(C)=CCC(C)(C)C=CC1. The molecular weight excluding hydrogens is 382 g/mol. The summed E-state index contributed by atoms with van der Waals surface area (Å²) in [5.74, 6) is 0. The minimum atomic E-state index is -0.470. The van der Waals surface area contributed by atoms with Crippen LogP contribution in [-0.4, -0.2) is 12.2 Å². The summed E-state index contributed by atoms with van der Waals surface area (Å²) < 4.78 is 4.90. The highest BCUT2D eigenvalue weighted by Gasteiger charge is 2.11. The molecule has 1 aliphatic rings. The van der Waals surface area contributed by atoms with Crippen molar-refractivity contribution in [3.8, 4) is 0 Å². The monoisotopic (exact) mass is 417 g/mol. The van der Waals surface area contributed by atoms with Gasteiger partial charge in [-0.3, -0.25) is 5.32 Å². The van der Waals surface area contributed by atoms with Crippen LogP contribution in [0.4, 0.5) is 10.5 Å². The second kappa shape index (κ2) is 12.5. The molecule has 0 saturated heterocycles. The van der Waals surface area contributed by atoms with Crippen LogP contribution in [0.15, 0.2) is 59.7 Å². The third-order valence-electron chi connectivity index (χ3n) is 4.43. The molecule has 0 heterocycles. The Morgan fingerprint density at radius 3 is 2.55 bits per heavy atom. The zero-order chi connectivity index (χ0) is 21.9. The van der Waals surface area contributed by atoms with Gasteiger partial charge in [-0.1, -0.05) is 67.0 Å². The summed E-state index contributed by atoms with van der Waals surface area (Å²) in [6.45, 7) is 12.7. The maximum atomic E-state index is 11.2. The summed E-state index contributed by atoms with van der Waals surface area (Å²) in [6.07, 6.45) is 13.5. The van der Waals surface area contributed by atoms with Gasteiger partial charge in [0, 0.05) is 10.7 Å². The minimum absolute atomic E-state index is 0.130. The Bertz CT molecular complexity index is 745. The van der Waals surface area contributed by atoms with Crippen molar-refractivity contribution in [1.82, 2.24) is 0 Å². The first-order valence-corrected chi connectivity index (χ1v) is 10.7. The van der Waals surface area contributed by atoms with E-state index in [1.54, 1.807) is 38.1 Å². The third kappa shape index (κ3) is 12.2. The van der Waals surface area contributed by atoms with Gasteiger partial charge in [0.2, 0.25) is 0 Å². The molecule has 0 atom stereocenters. The molecule has 160 valence electrons. The normalized spacial score (nSPS) is 16.6. The lowest BCUT2D eigenvalue weighted by atomic mass is 9.87. The Morgan fingerprint density at radius 1 is 1.17 bits per heavy atom. The topological polar surface area (TPSA) is 38.3 Å². The molecule has 1 N–H and O–H groups in total. The molecule has 1 aromatic rings. The second-order valence-electron chi connectivity index (χ2n) is 8.53. The maximum Gasteiger partial charge on any atom is 0.411 e. The number of ether oxygens (including phenoxy) is 1. The summed E-state index contributed by atoms with van der Waals surface area (Å²) in [4.78, 5) is 11.2. The van der Waals surface area contributed by atoms with Gasteiger partial charge in [0.25, 0.3) is 0 Å². The maximum absolute atomic E-state index is 11.2. The average molecular weight is 418 g/mol. The van der Waals surface area contributed by atoms with Gasteiger partial charge in [0.05, 0.1) is 6.10 Å². The average Bonchev–Trinajstić information content (AvgIpc) is 2.61. The molecule has 1 aromatic carbocycles. The van der Waals surface area contributed by atoms with Crippen LogP contribution in [0.2, 0.25) is 5.02 Å². The largest absolute Gasteiger partial charge is 0.447 e. The lowest BCUT2D eigenvalue weighted by Crippen LogP contribution is -2.17. The van der Waals surface area contributed by atoms with Crippen LogP contribution in [0.3, 0.4) is 0 Å². The number of carbonyl (C=O) groups is 1. The van der Waals surface area contributed by atoms with E-state index in [-0.39, 0.29) is 6.10 Å². The smallest absolute Gasteiger partial charge is 0.411 e. The van der Waals surface area contributed by atoms with Crippen molar-refractivity contribution in [3.05, 3.63) is 64.7 Å². The number of hydrogen-bond acceptors (Lipinski definition) is 2. The zero-order valence-electron chi connectivity index (χ0n) is 18.7. The molecule has 0 radical (unpaired) electrons. The van der Waals surface area contributed by atoms with Gasteiger partial charge >= 0.3 is 6.09 Å². The van der Waals surface area contributed by atoms with E-state index in [0.717, 1.165) is 12.8 Å². The molecule has 0 bridgehead atoms. The van der Waals surface area contributed by atoms with E-state index in [0.29, 0.717) is 16.1 Å². The van der Waals surface area contributed by atoms with Crippen LogP contribution < -0.4 is 5.32 Å². The summed E-state index contributed by atoms with van der Waals surface area (Å²) >= 11 is 5.74. The Hall–Kier alpha value is -2.00. The molecule has 3 nitrogen and oxygen atoms in total. The lowest BCUT2D eigenvalue weighted by Gasteiger charge is -2.18. The minimum Gasteiger partial charge on any atom is -0.447 e. The van der Waals surface area contributed by atoms with Crippen molar-refractivity contribution < 1.29 is 9.53 Å². The van der Waals surface area contributed by atoms with Gasteiger partial charge in [-0.15, -0.1) is 0 Å². The quantitative estimate of drug-likeness (QED) is 0.491. The Morgan fingerprint density at radius 2 is 1.90 bits per heavy atom. The van der Waals surface area contributed by atoms with E-state index < -0.39 is 6.09 Å². The second-order valence-corrected chi connectivity index (χ2v) is 8.96. The molecular formula is C25H36ClNO2. The van der Waals surface area contributed by atoms with Crippen LogP contribution in [0.25, 0.3) is 0 Å². The number of carbonyl (C=O) groups excluding carboxylic acids is 1. The Balaban J connectivity index is 0.000000291. The van der Waals surface area contributed by atoms with Crippen molar-refractivity contribution in [3.63, 3.8) is 0 Å². The van der Waals surface area contributed by atoms with Crippen LogP contribution in [-0.2, 0) is 4.74 Å². The first kappa shape index (κ1) is 25.0. The summed E-state index contributed by atoms with van der Waals surface area (Å²) in [5.41, 5.74) is 3.97. The van der Waals surface area contributed by atoms with Crippen LogP contribution in [0.1, 0.15) is 67.2 Å². The molecule has 0 aliphatic heterocycles. The number of halogens is 1.